The first kappa shape index (κ1) is 31.2. The second-order valence-corrected chi connectivity index (χ2v) is 15.1. The highest BCUT2D eigenvalue weighted by atomic mass is 16.3. The lowest BCUT2D eigenvalue weighted by Crippen LogP contribution is -2.39. The molecule has 0 radical (unpaired) electrons. The summed E-state index contributed by atoms with van der Waals surface area (Å²) < 4.78 is 6.52. The van der Waals surface area contributed by atoms with Gasteiger partial charge >= 0.3 is 0 Å². The van der Waals surface area contributed by atoms with Gasteiger partial charge in [-0.05, 0) is 112 Å². The normalized spacial score (nSPS) is 21.0. The molecule has 4 atom stereocenters. The molecule has 4 unspecified atom stereocenters. The molecule has 2 bridgehead atoms. The SMILES string of the molecule is C1=CC2=C(CC1)C1c3ccccc3C2C2C=C(c3ccc(/C=C/c4ccc5c(c4)oc4cc(N(c6ccccc6)c6ccccc6)ccc45)cc3)C=CC12. The molecule has 0 saturated carbocycles. The maximum Gasteiger partial charge on any atom is 0.137 e. The van der Waals surface area contributed by atoms with Crippen molar-refractivity contribution in [1.29, 1.82) is 0 Å². The third kappa shape index (κ3) is 5.09. The molecule has 1 heterocycles. The average Bonchev–Trinajstić information content (AvgIpc) is 3.61. The summed E-state index contributed by atoms with van der Waals surface area (Å²) in [5, 5.41) is 2.25. The fraction of sp³-hybridized carbons (Fsp3) is 0.115. The van der Waals surface area contributed by atoms with E-state index in [0.29, 0.717) is 23.7 Å². The zero-order valence-electron chi connectivity index (χ0n) is 30.0. The van der Waals surface area contributed by atoms with Gasteiger partial charge in [0.2, 0.25) is 0 Å². The van der Waals surface area contributed by atoms with Gasteiger partial charge in [0, 0.05) is 45.7 Å². The largest absolute Gasteiger partial charge is 0.456 e. The van der Waals surface area contributed by atoms with Crippen LogP contribution >= 0.6 is 0 Å². The Bertz CT molecular complexity index is 2680. The Morgan fingerprint density at radius 1 is 0.556 bits per heavy atom. The second-order valence-electron chi connectivity index (χ2n) is 15.1. The van der Waals surface area contributed by atoms with Gasteiger partial charge in [-0.3, -0.25) is 0 Å². The number of anilines is 3. The van der Waals surface area contributed by atoms with Crippen LogP contribution in [-0.4, -0.2) is 0 Å². The number of nitrogens with zero attached hydrogens (tertiary/aromatic N) is 1. The van der Waals surface area contributed by atoms with Gasteiger partial charge in [-0.1, -0.05) is 139 Å². The standard InChI is InChI=1S/C52H39NO/c1-3-11-38(12-4-1)53(39-13-5-2-6-14-39)40-27-30-42-41-28-23-35(31-49(41)54-50(42)33-40)20-19-34-21-24-36(25-22-34)37-26-29-47-48(32-37)52-45-17-9-7-15-43(45)51(47)44-16-8-10-18-46(44)52/h1-7,9-15,17-33,47-48,51-52H,8,16H2/b20-19+. The van der Waals surface area contributed by atoms with Crippen LogP contribution in [0.25, 0.3) is 39.7 Å². The summed E-state index contributed by atoms with van der Waals surface area (Å²) in [6.07, 6.45) is 19.1. The van der Waals surface area contributed by atoms with E-state index >= 15 is 0 Å². The molecular weight excluding hydrogens is 655 g/mol. The van der Waals surface area contributed by atoms with Gasteiger partial charge < -0.3 is 9.32 Å². The number of benzene rings is 6. The predicted octanol–water partition coefficient (Wildman–Crippen LogP) is 14.0. The van der Waals surface area contributed by atoms with E-state index in [1.165, 1.54) is 29.5 Å². The summed E-state index contributed by atoms with van der Waals surface area (Å²) in [5.74, 6) is 2.01. The Balaban J connectivity index is 0.851. The van der Waals surface area contributed by atoms with Gasteiger partial charge in [-0.2, -0.15) is 0 Å². The minimum Gasteiger partial charge on any atom is -0.456 e. The molecule has 0 N–H and O–H groups in total. The van der Waals surface area contributed by atoms with Gasteiger partial charge in [0.25, 0.3) is 0 Å². The van der Waals surface area contributed by atoms with Crippen molar-refractivity contribution >= 4 is 56.7 Å². The number of furan rings is 1. The summed E-state index contributed by atoms with van der Waals surface area (Å²) >= 11 is 0. The molecule has 0 saturated heterocycles. The van der Waals surface area contributed by atoms with Gasteiger partial charge in [-0.15, -0.1) is 0 Å². The number of para-hydroxylation sites is 2. The van der Waals surface area contributed by atoms with Crippen molar-refractivity contribution in [3.63, 3.8) is 0 Å². The Hall–Kier alpha value is -6.38. The molecule has 1 aromatic heterocycles. The summed E-state index contributed by atoms with van der Waals surface area (Å²) in [6.45, 7) is 0. The molecule has 54 heavy (non-hydrogen) atoms. The Morgan fingerprint density at radius 3 is 1.96 bits per heavy atom. The van der Waals surface area contributed by atoms with E-state index in [4.69, 9.17) is 4.42 Å². The molecule has 5 aliphatic carbocycles. The fourth-order valence-corrected chi connectivity index (χ4v) is 9.79. The maximum atomic E-state index is 6.52. The molecule has 12 rings (SSSR count). The molecule has 0 aliphatic heterocycles. The van der Waals surface area contributed by atoms with Crippen LogP contribution in [0, 0.1) is 11.8 Å². The lowest BCUT2D eigenvalue weighted by Gasteiger charge is -2.51. The average molecular weight is 694 g/mol. The molecule has 5 aliphatic rings. The summed E-state index contributed by atoms with van der Waals surface area (Å²) in [5.41, 5.74) is 16.4. The minimum atomic E-state index is 0.453. The zero-order chi connectivity index (χ0) is 35.6. The highest BCUT2D eigenvalue weighted by Crippen LogP contribution is 2.62. The number of hydrogen-bond acceptors (Lipinski definition) is 2. The van der Waals surface area contributed by atoms with Crippen LogP contribution in [0.5, 0.6) is 0 Å². The number of allylic oxidation sites excluding steroid dienone is 8. The van der Waals surface area contributed by atoms with E-state index in [0.717, 1.165) is 44.6 Å². The van der Waals surface area contributed by atoms with Crippen LogP contribution in [0.1, 0.15) is 52.5 Å². The topological polar surface area (TPSA) is 16.4 Å². The van der Waals surface area contributed by atoms with Crippen LogP contribution < -0.4 is 4.90 Å². The summed E-state index contributed by atoms with van der Waals surface area (Å²) in [6, 6.07) is 52.3. The van der Waals surface area contributed by atoms with Crippen molar-refractivity contribution < 1.29 is 4.42 Å². The van der Waals surface area contributed by atoms with Crippen LogP contribution in [0.15, 0.2) is 192 Å². The molecule has 7 aromatic rings. The highest BCUT2D eigenvalue weighted by molar-refractivity contribution is 6.06. The minimum absolute atomic E-state index is 0.453. The first-order chi connectivity index (χ1) is 26.8. The Labute approximate surface area is 316 Å². The first-order valence-corrected chi connectivity index (χ1v) is 19.3. The van der Waals surface area contributed by atoms with E-state index in [-0.39, 0.29) is 0 Å². The smallest absolute Gasteiger partial charge is 0.137 e. The molecule has 2 heteroatoms. The summed E-state index contributed by atoms with van der Waals surface area (Å²) in [7, 11) is 0. The number of hydrogen-bond donors (Lipinski definition) is 0. The van der Waals surface area contributed by atoms with E-state index in [2.05, 4.69) is 193 Å². The van der Waals surface area contributed by atoms with Gasteiger partial charge in [0.1, 0.15) is 11.2 Å². The van der Waals surface area contributed by atoms with Gasteiger partial charge in [0.05, 0.1) is 0 Å². The lowest BCUT2D eigenvalue weighted by molar-refractivity contribution is 0.322. The van der Waals surface area contributed by atoms with Crippen molar-refractivity contribution in [2.45, 2.75) is 24.7 Å². The van der Waals surface area contributed by atoms with Crippen LogP contribution in [0.4, 0.5) is 17.1 Å². The molecule has 258 valence electrons. The van der Waals surface area contributed by atoms with Crippen molar-refractivity contribution in [2.24, 2.45) is 11.8 Å². The van der Waals surface area contributed by atoms with Crippen molar-refractivity contribution in [3.8, 4) is 0 Å². The number of fused-ring (bicyclic) bond motifs is 3. The monoisotopic (exact) mass is 693 g/mol. The van der Waals surface area contributed by atoms with Gasteiger partial charge in [-0.25, -0.2) is 0 Å². The lowest BCUT2D eigenvalue weighted by atomic mass is 9.52. The Morgan fingerprint density at radius 2 is 1.20 bits per heavy atom. The molecule has 0 spiro atoms. The van der Waals surface area contributed by atoms with E-state index in [9.17, 15) is 0 Å². The summed E-state index contributed by atoms with van der Waals surface area (Å²) in [4.78, 5) is 2.27. The first-order valence-electron chi connectivity index (χ1n) is 19.3. The number of rotatable bonds is 6. The van der Waals surface area contributed by atoms with Crippen molar-refractivity contribution in [3.05, 3.63) is 215 Å². The fourth-order valence-electron chi connectivity index (χ4n) is 9.79. The molecule has 0 fully saturated rings. The molecule has 2 nitrogen and oxygen atoms in total. The molecular formula is C52H39NO. The zero-order valence-corrected chi connectivity index (χ0v) is 30.0. The van der Waals surface area contributed by atoms with E-state index < -0.39 is 0 Å². The molecule has 0 amide bonds. The third-order valence-corrected chi connectivity index (χ3v) is 12.2. The van der Waals surface area contributed by atoms with Gasteiger partial charge in [0.15, 0.2) is 0 Å². The highest BCUT2D eigenvalue weighted by Gasteiger charge is 2.49. The Kier molecular flexibility index (Phi) is 7.30. The van der Waals surface area contributed by atoms with E-state index in [1.54, 1.807) is 22.3 Å². The van der Waals surface area contributed by atoms with E-state index in [1.807, 2.05) is 0 Å². The molecule has 6 aromatic carbocycles. The van der Waals surface area contributed by atoms with Crippen LogP contribution in [-0.2, 0) is 0 Å². The van der Waals surface area contributed by atoms with Crippen molar-refractivity contribution in [2.75, 3.05) is 4.90 Å². The third-order valence-electron chi connectivity index (χ3n) is 12.2. The quantitative estimate of drug-likeness (QED) is 0.161. The van der Waals surface area contributed by atoms with Crippen LogP contribution in [0.2, 0.25) is 0 Å². The van der Waals surface area contributed by atoms with Crippen LogP contribution in [0.3, 0.4) is 0 Å². The maximum absolute atomic E-state index is 6.52. The predicted molar refractivity (Wildman–Crippen MR) is 225 cm³/mol. The second kappa shape index (κ2) is 12.6. The van der Waals surface area contributed by atoms with Crippen molar-refractivity contribution in [1.82, 2.24) is 0 Å².